The lowest BCUT2D eigenvalue weighted by atomic mass is 9.85. The maximum Gasteiger partial charge on any atom is 0.141 e. The second-order valence-corrected chi connectivity index (χ2v) is 6.19. The molecule has 1 aromatic carbocycles. The van der Waals surface area contributed by atoms with Crippen LogP contribution in [0.5, 0.6) is 0 Å². The Labute approximate surface area is 130 Å². The Bertz CT molecular complexity index is 479. The minimum atomic E-state index is -0.540. The first-order chi connectivity index (χ1) is 9.97. The molecule has 1 saturated heterocycles. The highest BCUT2D eigenvalue weighted by Crippen LogP contribution is 2.28. The van der Waals surface area contributed by atoms with Crippen LogP contribution in [0.3, 0.4) is 0 Å². The minimum Gasteiger partial charge on any atom is -0.391 e. The number of aliphatic hydroxyl groups excluding tert-OH is 1. The third-order valence-corrected chi connectivity index (χ3v) is 4.87. The summed E-state index contributed by atoms with van der Waals surface area (Å²) < 4.78 is 18.6. The van der Waals surface area contributed by atoms with Crippen LogP contribution in [0.2, 0.25) is 5.02 Å². The summed E-state index contributed by atoms with van der Waals surface area (Å²) in [5.41, 5.74) is 0.534. The van der Waals surface area contributed by atoms with Crippen molar-refractivity contribution >= 4 is 11.6 Å². The molecule has 1 aliphatic heterocycles. The van der Waals surface area contributed by atoms with Gasteiger partial charge in [-0.15, -0.1) is 0 Å². The molecule has 0 radical (unpaired) electrons. The maximum absolute atomic E-state index is 13.2. The molecule has 5 heteroatoms. The fourth-order valence-corrected chi connectivity index (χ4v) is 3.06. The molecule has 0 spiro atoms. The van der Waals surface area contributed by atoms with Crippen LogP contribution in [0.15, 0.2) is 18.2 Å². The molecule has 0 bridgehead atoms. The number of nitrogens with zero attached hydrogens (tertiary/aromatic N) is 1. The smallest absolute Gasteiger partial charge is 0.141 e. The molecule has 3 nitrogen and oxygen atoms in total. The monoisotopic (exact) mass is 315 g/mol. The number of ether oxygens (including phenoxy) is 1. The Kier molecular flexibility index (Phi) is 5.60. The lowest BCUT2D eigenvalue weighted by Gasteiger charge is -2.46. The van der Waals surface area contributed by atoms with Crippen LogP contribution >= 0.6 is 11.6 Å². The predicted molar refractivity (Wildman–Crippen MR) is 82.2 cm³/mol. The maximum atomic E-state index is 13.2. The topological polar surface area (TPSA) is 32.7 Å². The predicted octanol–water partition coefficient (Wildman–Crippen LogP) is 2.88. The van der Waals surface area contributed by atoms with E-state index in [1.54, 1.807) is 12.1 Å². The van der Waals surface area contributed by atoms with Crippen LogP contribution in [0.25, 0.3) is 0 Å². The van der Waals surface area contributed by atoms with Gasteiger partial charge in [-0.1, -0.05) is 24.6 Å². The van der Waals surface area contributed by atoms with Crippen LogP contribution in [-0.4, -0.2) is 48.0 Å². The van der Waals surface area contributed by atoms with Gasteiger partial charge in [-0.25, -0.2) is 4.39 Å². The molecule has 2 rings (SSSR count). The standard InChI is InChI=1S/C16H23ClFNO2/c1-3-16(2,19-6-8-21-9-7-19)15(20)11-12-4-5-14(18)13(17)10-12/h4-5,10,15,20H,3,6-9,11H2,1-2H3. The van der Waals surface area contributed by atoms with Crippen molar-refractivity contribution < 1.29 is 14.2 Å². The number of rotatable bonds is 5. The van der Waals surface area contributed by atoms with Crippen molar-refractivity contribution in [1.82, 2.24) is 4.90 Å². The summed E-state index contributed by atoms with van der Waals surface area (Å²) in [7, 11) is 0. The van der Waals surface area contributed by atoms with Gasteiger partial charge in [0.25, 0.3) is 0 Å². The van der Waals surface area contributed by atoms with Gasteiger partial charge in [0.05, 0.1) is 24.3 Å². The molecule has 1 aliphatic rings. The second kappa shape index (κ2) is 7.05. The van der Waals surface area contributed by atoms with Gasteiger partial charge in [-0.2, -0.15) is 0 Å². The van der Waals surface area contributed by atoms with Crippen molar-refractivity contribution in [2.45, 2.75) is 38.3 Å². The first kappa shape index (κ1) is 16.7. The lowest BCUT2D eigenvalue weighted by Crippen LogP contribution is -2.58. The van der Waals surface area contributed by atoms with Crippen molar-refractivity contribution in [2.75, 3.05) is 26.3 Å². The molecule has 0 aromatic heterocycles. The number of halogens is 2. The summed E-state index contributed by atoms with van der Waals surface area (Å²) in [6.45, 7) is 7.21. The Hall–Kier alpha value is -0.680. The third-order valence-electron chi connectivity index (χ3n) is 4.58. The number of hydrogen-bond donors (Lipinski definition) is 1. The van der Waals surface area contributed by atoms with Crippen LogP contribution < -0.4 is 0 Å². The third kappa shape index (κ3) is 3.75. The van der Waals surface area contributed by atoms with Crippen molar-refractivity contribution in [1.29, 1.82) is 0 Å². The van der Waals surface area contributed by atoms with E-state index in [1.165, 1.54) is 6.07 Å². The van der Waals surface area contributed by atoms with Gasteiger partial charge in [0.1, 0.15) is 5.82 Å². The van der Waals surface area contributed by atoms with Gasteiger partial charge >= 0.3 is 0 Å². The van der Waals surface area contributed by atoms with E-state index in [4.69, 9.17) is 16.3 Å². The fraction of sp³-hybridized carbons (Fsp3) is 0.625. The Morgan fingerprint density at radius 1 is 1.43 bits per heavy atom. The van der Waals surface area contributed by atoms with Crippen molar-refractivity contribution in [3.63, 3.8) is 0 Å². The molecule has 1 fully saturated rings. The number of hydrogen-bond acceptors (Lipinski definition) is 3. The molecule has 2 atom stereocenters. The molecule has 21 heavy (non-hydrogen) atoms. The second-order valence-electron chi connectivity index (χ2n) is 5.78. The summed E-state index contributed by atoms with van der Waals surface area (Å²) in [5.74, 6) is -0.429. The van der Waals surface area contributed by atoms with E-state index >= 15 is 0 Å². The van der Waals surface area contributed by atoms with Gasteiger partial charge in [0.2, 0.25) is 0 Å². The van der Waals surface area contributed by atoms with Crippen molar-refractivity contribution in [3.8, 4) is 0 Å². The van der Waals surface area contributed by atoms with Gasteiger partial charge in [-0.3, -0.25) is 4.90 Å². The molecule has 118 valence electrons. The van der Waals surface area contributed by atoms with Crippen molar-refractivity contribution in [2.24, 2.45) is 0 Å². The van der Waals surface area contributed by atoms with Crippen molar-refractivity contribution in [3.05, 3.63) is 34.6 Å². The average Bonchev–Trinajstić information content (AvgIpc) is 2.51. The van der Waals surface area contributed by atoms with E-state index in [0.717, 1.165) is 25.1 Å². The molecule has 0 saturated carbocycles. The Morgan fingerprint density at radius 3 is 2.67 bits per heavy atom. The van der Waals surface area contributed by atoms with E-state index in [-0.39, 0.29) is 10.6 Å². The van der Waals surface area contributed by atoms with Gasteiger partial charge in [-0.05, 0) is 31.0 Å². The van der Waals surface area contributed by atoms with E-state index < -0.39 is 11.9 Å². The summed E-state index contributed by atoms with van der Waals surface area (Å²) in [5, 5.41) is 10.8. The van der Waals surface area contributed by atoms with Crippen LogP contribution in [0, 0.1) is 5.82 Å². The zero-order valence-corrected chi connectivity index (χ0v) is 13.4. The van der Waals surface area contributed by atoms with E-state index in [1.807, 2.05) is 0 Å². The lowest BCUT2D eigenvalue weighted by molar-refractivity contribution is -0.0714. The minimum absolute atomic E-state index is 0.101. The number of aliphatic hydroxyl groups is 1. The van der Waals surface area contributed by atoms with E-state index in [9.17, 15) is 9.50 Å². The van der Waals surface area contributed by atoms with Crippen LogP contribution in [-0.2, 0) is 11.2 Å². The summed E-state index contributed by atoms with van der Waals surface area (Å²) in [6.07, 6.45) is 0.757. The summed E-state index contributed by atoms with van der Waals surface area (Å²) >= 11 is 5.81. The molecular formula is C16H23ClFNO2. The van der Waals surface area contributed by atoms with E-state index in [0.29, 0.717) is 19.6 Å². The summed E-state index contributed by atoms with van der Waals surface area (Å²) in [4.78, 5) is 2.28. The Morgan fingerprint density at radius 2 is 2.10 bits per heavy atom. The highest BCUT2D eigenvalue weighted by Gasteiger charge is 2.38. The average molecular weight is 316 g/mol. The molecule has 1 aromatic rings. The van der Waals surface area contributed by atoms with Gasteiger partial charge in [0, 0.05) is 25.0 Å². The fourth-order valence-electron chi connectivity index (χ4n) is 2.85. The largest absolute Gasteiger partial charge is 0.391 e. The molecular weight excluding hydrogens is 293 g/mol. The quantitative estimate of drug-likeness (QED) is 0.907. The highest BCUT2D eigenvalue weighted by molar-refractivity contribution is 6.30. The molecule has 0 amide bonds. The zero-order valence-electron chi connectivity index (χ0n) is 12.6. The molecule has 1 heterocycles. The summed E-state index contributed by atoms with van der Waals surface area (Å²) in [6, 6.07) is 4.62. The molecule has 0 aliphatic carbocycles. The van der Waals surface area contributed by atoms with E-state index in [2.05, 4.69) is 18.7 Å². The zero-order chi connectivity index (χ0) is 15.5. The first-order valence-corrected chi connectivity index (χ1v) is 7.80. The van der Waals surface area contributed by atoms with Gasteiger partial charge in [0.15, 0.2) is 0 Å². The number of benzene rings is 1. The first-order valence-electron chi connectivity index (χ1n) is 7.42. The highest BCUT2D eigenvalue weighted by atomic mass is 35.5. The van der Waals surface area contributed by atoms with Gasteiger partial charge < -0.3 is 9.84 Å². The normalized spacial score (nSPS) is 21.0. The Balaban J connectivity index is 2.11. The van der Waals surface area contributed by atoms with Crippen LogP contribution in [0.1, 0.15) is 25.8 Å². The van der Waals surface area contributed by atoms with Crippen LogP contribution in [0.4, 0.5) is 4.39 Å². The molecule has 1 N–H and O–H groups in total. The molecule has 2 unspecified atom stereocenters. The SMILES string of the molecule is CCC(C)(C(O)Cc1ccc(F)c(Cl)c1)N1CCOCC1. The number of morpholine rings is 1.